The van der Waals surface area contributed by atoms with Crippen molar-refractivity contribution in [3.8, 4) is 11.1 Å². The molecule has 36 heavy (non-hydrogen) atoms. The number of aryl methyl sites for hydroxylation is 1. The summed E-state index contributed by atoms with van der Waals surface area (Å²) in [4.78, 5) is 18.2. The Hall–Kier alpha value is -2.65. The van der Waals surface area contributed by atoms with E-state index in [1.165, 1.54) is 48.3 Å². The number of halogens is 1. The van der Waals surface area contributed by atoms with Crippen LogP contribution < -0.4 is 10.8 Å². The highest BCUT2D eigenvalue weighted by molar-refractivity contribution is 7.09. The van der Waals surface area contributed by atoms with E-state index in [1.807, 2.05) is 12.1 Å². The minimum atomic E-state index is -0.550. The SMILES string of the molecule is O=C(NO)c1csc(CCCN2CCC(CNC3CC3c3ccc(-c4ccc(F)cc4)cc3)CC2)n1. The monoisotopic (exact) mass is 508 g/mol. The summed E-state index contributed by atoms with van der Waals surface area (Å²) in [6.45, 7) is 4.43. The molecule has 3 aromatic rings. The number of likely N-dealkylation sites (tertiary alicyclic amines) is 1. The van der Waals surface area contributed by atoms with Crippen molar-refractivity contribution in [1.82, 2.24) is 20.7 Å². The average Bonchev–Trinajstić information content (AvgIpc) is 3.54. The number of carbonyl (C=O) groups is 1. The number of hydroxylamine groups is 1. The Morgan fingerprint density at radius 2 is 1.78 bits per heavy atom. The molecule has 2 aromatic carbocycles. The topological polar surface area (TPSA) is 77.5 Å². The number of hydrogen-bond donors (Lipinski definition) is 3. The maximum atomic E-state index is 13.2. The number of hydrogen-bond acceptors (Lipinski definition) is 6. The fourth-order valence-electron chi connectivity index (χ4n) is 5.13. The zero-order valence-electron chi connectivity index (χ0n) is 20.3. The molecule has 1 saturated heterocycles. The van der Waals surface area contributed by atoms with Crippen molar-refractivity contribution in [3.05, 3.63) is 76.0 Å². The van der Waals surface area contributed by atoms with Crippen LogP contribution in [0.1, 0.15) is 52.7 Å². The van der Waals surface area contributed by atoms with Crippen molar-refractivity contribution >= 4 is 17.2 Å². The van der Waals surface area contributed by atoms with E-state index in [-0.39, 0.29) is 11.5 Å². The molecule has 2 unspecified atom stereocenters. The zero-order valence-corrected chi connectivity index (χ0v) is 21.1. The van der Waals surface area contributed by atoms with Crippen LogP contribution >= 0.6 is 11.3 Å². The summed E-state index contributed by atoms with van der Waals surface area (Å²) in [6, 6.07) is 16.0. The Labute approximate surface area is 215 Å². The second-order valence-electron chi connectivity index (χ2n) is 9.94. The molecule has 8 heteroatoms. The molecule has 1 aliphatic carbocycles. The molecule has 2 heterocycles. The van der Waals surface area contributed by atoms with E-state index in [2.05, 4.69) is 39.5 Å². The van der Waals surface area contributed by atoms with Gasteiger partial charge in [-0.25, -0.2) is 14.9 Å². The van der Waals surface area contributed by atoms with Crippen LogP contribution in [0.3, 0.4) is 0 Å². The van der Waals surface area contributed by atoms with Gasteiger partial charge in [-0.3, -0.25) is 10.0 Å². The third-order valence-electron chi connectivity index (χ3n) is 7.43. The van der Waals surface area contributed by atoms with Gasteiger partial charge in [0, 0.05) is 23.8 Å². The molecule has 0 bridgehead atoms. The van der Waals surface area contributed by atoms with Crippen LogP contribution in [0.2, 0.25) is 0 Å². The minimum Gasteiger partial charge on any atom is -0.313 e. The molecule has 1 amide bonds. The first-order chi connectivity index (χ1) is 17.6. The molecule has 5 rings (SSSR count). The Balaban J connectivity index is 0.980. The molecule has 190 valence electrons. The van der Waals surface area contributed by atoms with Gasteiger partial charge in [0.1, 0.15) is 11.5 Å². The highest BCUT2D eigenvalue weighted by Gasteiger charge is 2.38. The van der Waals surface area contributed by atoms with Crippen molar-refractivity contribution in [3.63, 3.8) is 0 Å². The standard InChI is InChI=1S/C28H33FN4O2S/c29-23-9-7-21(8-10-23)20-3-5-22(6-4-20)24-16-25(24)30-17-19-11-14-33(15-12-19)13-1-2-27-31-26(18-36-27)28(34)32-35/h3-10,18-19,24-25,30,35H,1-2,11-17H2,(H,32,34). The van der Waals surface area contributed by atoms with E-state index < -0.39 is 5.91 Å². The van der Waals surface area contributed by atoms with Crippen LogP contribution in [-0.2, 0) is 6.42 Å². The molecule has 2 aliphatic rings. The van der Waals surface area contributed by atoms with Crippen LogP contribution in [0.25, 0.3) is 11.1 Å². The van der Waals surface area contributed by atoms with Crippen LogP contribution in [0.5, 0.6) is 0 Å². The van der Waals surface area contributed by atoms with Crippen molar-refractivity contribution in [2.45, 2.75) is 44.1 Å². The quantitative estimate of drug-likeness (QED) is 0.269. The van der Waals surface area contributed by atoms with E-state index >= 15 is 0 Å². The second kappa shape index (κ2) is 11.6. The first-order valence-corrected chi connectivity index (χ1v) is 13.7. The number of rotatable bonds is 10. The maximum Gasteiger partial charge on any atom is 0.294 e. The van der Waals surface area contributed by atoms with Gasteiger partial charge in [0.25, 0.3) is 5.91 Å². The van der Waals surface area contributed by atoms with E-state index in [1.54, 1.807) is 10.9 Å². The van der Waals surface area contributed by atoms with Gasteiger partial charge in [0.2, 0.25) is 0 Å². The lowest BCUT2D eigenvalue weighted by atomic mass is 9.96. The first-order valence-electron chi connectivity index (χ1n) is 12.8. The molecule has 1 saturated carbocycles. The van der Waals surface area contributed by atoms with Crippen molar-refractivity contribution in [2.75, 3.05) is 26.2 Å². The first kappa shape index (κ1) is 25.0. The van der Waals surface area contributed by atoms with Gasteiger partial charge in [-0.2, -0.15) is 0 Å². The van der Waals surface area contributed by atoms with Gasteiger partial charge < -0.3 is 10.2 Å². The van der Waals surface area contributed by atoms with Gasteiger partial charge in [0.05, 0.1) is 5.01 Å². The number of aromatic nitrogens is 1. The van der Waals surface area contributed by atoms with Gasteiger partial charge in [-0.15, -0.1) is 11.3 Å². The van der Waals surface area contributed by atoms with E-state index in [0.29, 0.717) is 12.0 Å². The predicted molar refractivity (Wildman–Crippen MR) is 140 cm³/mol. The van der Waals surface area contributed by atoms with Gasteiger partial charge in [-0.05, 0) is 86.6 Å². The Morgan fingerprint density at radius 1 is 1.08 bits per heavy atom. The lowest BCUT2D eigenvalue weighted by molar-refractivity contribution is 0.0701. The molecule has 2 atom stereocenters. The number of benzene rings is 2. The third-order valence-corrected chi connectivity index (χ3v) is 8.34. The zero-order chi connectivity index (χ0) is 24.9. The highest BCUT2D eigenvalue weighted by Crippen LogP contribution is 2.41. The summed E-state index contributed by atoms with van der Waals surface area (Å²) >= 11 is 1.47. The largest absolute Gasteiger partial charge is 0.313 e. The van der Waals surface area contributed by atoms with Crippen LogP contribution in [-0.4, -0.2) is 53.2 Å². The molecule has 0 spiro atoms. The minimum absolute atomic E-state index is 0.202. The number of nitrogens with zero attached hydrogens (tertiary/aromatic N) is 2. The fourth-order valence-corrected chi connectivity index (χ4v) is 5.95. The van der Waals surface area contributed by atoms with E-state index in [4.69, 9.17) is 5.21 Å². The molecule has 1 aromatic heterocycles. The number of carbonyl (C=O) groups excluding carboxylic acids is 1. The summed E-state index contributed by atoms with van der Waals surface area (Å²) in [7, 11) is 0. The Bertz CT molecular complexity index is 1140. The van der Waals surface area contributed by atoms with Crippen molar-refractivity contribution in [2.24, 2.45) is 5.92 Å². The van der Waals surface area contributed by atoms with Crippen molar-refractivity contribution < 1.29 is 14.4 Å². The number of amides is 1. The molecule has 0 radical (unpaired) electrons. The summed E-state index contributed by atoms with van der Waals surface area (Å²) in [5.74, 6) is 0.584. The van der Waals surface area contributed by atoms with E-state index in [0.717, 1.165) is 61.1 Å². The summed E-state index contributed by atoms with van der Waals surface area (Å²) in [5.41, 5.74) is 5.47. The summed E-state index contributed by atoms with van der Waals surface area (Å²) in [6.07, 6.45) is 5.55. The number of nitrogens with one attached hydrogen (secondary N) is 2. The summed E-state index contributed by atoms with van der Waals surface area (Å²) < 4.78 is 13.2. The van der Waals surface area contributed by atoms with Crippen LogP contribution in [0.4, 0.5) is 4.39 Å². The third kappa shape index (κ3) is 6.37. The normalized spacial score (nSPS) is 20.4. The van der Waals surface area contributed by atoms with E-state index in [9.17, 15) is 9.18 Å². The van der Waals surface area contributed by atoms with Crippen LogP contribution in [0.15, 0.2) is 53.9 Å². The molecule has 3 N–H and O–H groups in total. The number of piperidine rings is 1. The fraction of sp³-hybridized carbons (Fsp3) is 0.429. The highest BCUT2D eigenvalue weighted by atomic mass is 32.1. The molecule has 1 aliphatic heterocycles. The Morgan fingerprint density at radius 3 is 2.47 bits per heavy atom. The average molecular weight is 509 g/mol. The van der Waals surface area contributed by atoms with Gasteiger partial charge >= 0.3 is 0 Å². The Kier molecular flexibility index (Phi) is 8.06. The molecule has 2 fully saturated rings. The smallest absolute Gasteiger partial charge is 0.294 e. The number of thiazole rings is 1. The lowest BCUT2D eigenvalue weighted by Crippen LogP contribution is -2.38. The van der Waals surface area contributed by atoms with Crippen LogP contribution in [0, 0.1) is 11.7 Å². The molecular formula is C28H33FN4O2S. The maximum absolute atomic E-state index is 13.2. The summed E-state index contributed by atoms with van der Waals surface area (Å²) in [5, 5.41) is 15.1. The molecule has 6 nitrogen and oxygen atoms in total. The van der Waals surface area contributed by atoms with Gasteiger partial charge in [-0.1, -0.05) is 36.4 Å². The molecular weight excluding hydrogens is 475 g/mol. The lowest BCUT2D eigenvalue weighted by Gasteiger charge is -2.32. The predicted octanol–water partition coefficient (Wildman–Crippen LogP) is 4.86. The van der Waals surface area contributed by atoms with Gasteiger partial charge in [0.15, 0.2) is 0 Å². The van der Waals surface area contributed by atoms with Crippen molar-refractivity contribution in [1.29, 1.82) is 0 Å². The second-order valence-corrected chi connectivity index (χ2v) is 10.9.